The molecule has 0 aromatic carbocycles. The average Bonchev–Trinajstić information content (AvgIpc) is 3.85. The number of aromatic nitrogens is 7. The van der Waals surface area contributed by atoms with Crippen molar-refractivity contribution in [1.82, 2.24) is 34.5 Å². The van der Waals surface area contributed by atoms with Crippen molar-refractivity contribution in [3.8, 4) is 11.4 Å². The van der Waals surface area contributed by atoms with E-state index >= 15 is 0 Å². The van der Waals surface area contributed by atoms with Gasteiger partial charge in [0, 0.05) is 18.2 Å². The Hall–Kier alpha value is -3.80. The molecule has 0 radical (unpaired) electrons. The van der Waals surface area contributed by atoms with Gasteiger partial charge >= 0.3 is 0 Å². The maximum atomic E-state index is 13.8. The standard InChI is InChI=1S/C27H30N8O3S/c1-4-39(37,38)20-10-9-19(28-12-20)11-29-25-27(36)35(16(3)17-5-6-17)26-21(33-25)13-30-24(34-26)22-15(2)31-14-32-23(22)18-7-8-18/h9-10,12-14,16-18H,4-8,11H2,1-3H3,(H,29,33)/t16-/m1/s1. The molecule has 2 fully saturated rings. The largest absolute Gasteiger partial charge is 0.360 e. The predicted molar refractivity (Wildman–Crippen MR) is 146 cm³/mol. The summed E-state index contributed by atoms with van der Waals surface area (Å²) in [4.78, 5) is 41.2. The molecule has 39 heavy (non-hydrogen) atoms. The molecule has 2 aliphatic rings. The number of hydrogen-bond acceptors (Lipinski definition) is 10. The number of fused-ring (bicyclic) bond motifs is 1. The van der Waals surface area contributed by atoms with Crippen LogP contribution in [0.1, 0.15) is 68.6 Å². The van der Waals surface area contributed by atoms with E-state index in [2.05, 4.69) is 30.2 Å². The number of nitrogens with one attached hydrogen (secondary N) is 1. The number of sulfone groups is 1. The number of anilines is 1. The van der Waals surface area contributed by atoms with Gasteiger partial charge in [0.15, 0.2) is 27.1 Å². The molecule has 0 unspecified atom stereocenters. The zero-order chi connectivity index (χ0) is 27.3. The Morgan fingerprint density at radius 1 is 1.05 bits per heavy atom. The van der Waals surface area contributed by atoms with E-state index in [0.717, 1.165) is 42.6 Å². The van der Waals surface area contributed by atoms with Crippen LogP contribution in [0.3, 0.4) is 0 Å². The van der Waals surface area contributed by atoms with Crippen molar-refractivity contribution in [3.05, 3.63) is 58.3 Å². The smallest absolute Gasteiger partial charge is 0.295 e. The van der Waals surface area contributed by atoms with E-state index in [-0.39, 0.29) is 34.6 Å². The lowest BCUT2D eigenvalue weighted by Crippen LogP contribution is -2.29. The van der Waals surface area contributed by atoms with Gasteiger partial charge in [-0.05, 0) is 57.6 Å². The minimum Gasteiger partial charge on any atom is -0.360 e. The lowest BCUT2D eigenvalue weighted by atomic mass is 10.1. The van der Waals surface area contributed by atoms with Crippen molar-refractivity contribution in [1.29, 1.82) is 0 Å². The van der Waals surface area contributed by atoms with E-state index in [1.54, 1.807) is 30.1 Å². The minimum absolute atomic E-state index is 0.00848. The highest BCUT2D eigenvalue weighted by Crippen LogP contribution is 2.43. The molecule has 2 aliphatic carbocycles. The van der Waals surface area contributed by atoms with E-state index in [1.807, 2.05) is 13.8 Å². The third-order valence-electron chi connectivity index (χ3n) is 7.57. The zero-order valence-electron chi connectivity index (χ0n) is 22.1. The lowest BCUT2D eigenvalue weighted by Gasteiger charge is -2.19. The molecule has 2 saturated carbocycles. The fourth-order valence-corrected chi connectivity index (χ4v) is 5.70. The molecule has 1 atom stereocenters. The van der Waals surface area contributed by atoms with Gasteiger partial charge in [0.25, 0.3) is 5.56 Å². The van der Waals surface area contributed by atoms with Crippen molar-refractivity contribution in [2.75, 3.05) is 11.1 Å². The fraction of sp³-hybridized carbons (Fsp3) is 0.444. The summed E-state index contributed by atoms with van der Waals surface area (Å²) in [6.45, 7) is 5.78. The highest BCUT2D eigenvalue weighted by Gasteiger charge is 2.33. The van der Waals surface area contributed by atoms with E-state index < -0.39 is 9.84 Å². The lowest BCUT2D eigenvalue weighted by molar-refractivity contribution is 0.482. The van der Waals surface area contributed by atoms with Gasteiger partial charge in [0.2, 0.25) is 0 Å². The Labute approximate surface area is 226 Å². The van der Waals surface area contributed by atoms with Crippen LogP contribution in [0.2, 0.25) is 0 Å². The van der Waals surface area contributed by atoms with Crippen molar-refractivity contribution in [2.24, 2.45) is 5.92 Å². The van der Waals surface area contributed by atoms with E-state index in [0.29, 0.717) is 34.5 Å². The molecule has 0 amide bonds. The Morgan fingerprint density at radius 2 is 1.85 bits per heavy atom. The number of rotatable bonds is 9. The molecular formula is C27H30N8O3S. The fourth-order valence-electron chi connectivity index (χ4n) is 4.88. The van der Waals surface area contributed by atoms with Gasteiger partial charge in [-0.1, -0.05) is 6.92 Å². The summed E-state index contributed by atoms with van der Waals surface area (Å²) in [6.07, 6.45) is 8.89. The summed E-state index contributed by atoms with van der Waals surface area (Å²) >= 11 is 0. The first-order chi connectivity index (χ1) is 18.8. The molecule has 202 valence electrons. The van der Waals surface area contributed by atoms with Crippen molar-refractivity contribution >= 4 is 26.8 Å². The van der Waals surface area contributed by atoms with Gasteiger partial charge in [0.1, 0.15) is 11.8 Å². The van der Waals surface area contributed by atoms with Crippen LogP contribution < -0.4 is 10.9 Å². The summed E-state index contributed by atoms with van der Waals surface area (Å²) < 4.78 is 25.9. The van der Waals surface area contributed by atoms with Gasteiger partial charge in [0.05, 0.1) is 46.0 Å². The van der Waals surface area contributed by atoms with Crippen molar-refractivity contribution in [3.63, 3.8) is 0 Å². The number of aryl methyl sites for hydroxylation is 1. The molecule has 4 aromatic heterocycles. The third-order valence-corrected chi connectivity index (χ3v) is 9.29. The Bertz CT molecular complexity index is 1730. The molecule has 6 rings (SSSR count). The van der Waals surface area contributed by atoms with Gasteiger partial charge in [-0.3, -0.25) is 14.3 Å². The molecule has 1 N–H and O–H groups in total. The number of nitrogens with zero attached hydrogens (tertiary/aromatic N) is 7. The average molecular weight is 547 g/mol. The molecule has 4 heterocycles. The first-order valence-electron chi connectivity index (χ1n) is 13.3. The third kappa shape index (κ3) is 4.88. The Kier molecular flexibility index (Phi) is 6.37. The van der Waals surface area contributed by atoms with Crippen LogP contribution in [0.15, 0.2) is 40.5 Å². The predicted octanol–water partition coefficient (Wildman–Crippen LogP) is 3.60. The topological polar surface area (TPSA) is 146 Å². The van der Waals surface area contributed by atoms with Crippen LogP contribution in [-0.4, -0.2) is 48.6 Å². The maximum absolute atomic E-state index is 13.8. The normalized spacial score (nSPS) is 16.4. The quantitative estimate of drug-likeness (QED) is 0.330. The monoisotopic (exact) mass is 546 g/mol. The van der Waals surface area contributed by atoms with Gasteiger partial charge in [-0.15, -0.1) is 0 Å². The molecule has 12 heteroatoms. The van der Waals surface area contributed by atoms with Crippen LogP contribution in [0.4, 0.5) is 5.82 Å². The summed E-state index contributed by atoms with van der Waals surface area (Å²) in [5.74, 6) is 1.49. The first-order valence-corrected chi connectivity index (χ1v) is 14.9. The second-order valence-corrected chi connectivity index (χ2v) is 12.6. The van der Waals surface area contributed by atoms with Gasteiger partial charge < -0.3 is 5.32 Å². The van der Waals surface area contributed by atoms with Crippen molar-refractivity contribution < 1.29 is 8.42 Å². The van der Waals surface area contributed by atoms with Crippen molar-refractivity contribution in [2.45, 2.75) is 69.9 Å². The second-order valence-electron chi connectivity index (χ2n) is 10.4. The maximum Gasteiger partial charge on any atom is 0.295 e. The summed E-state index contributed by atoms with van der Waals surface area (Å²) in [6, 6.07) is 3.11. The number of hydrogen-bond donors (Lipinski definition) is 1. The van der Waals surface area contributed by atoms with E-state index in [4.69, 9.17) is 4.98 Å². The second kappa shape index (κ2) is 9.74. The minimum atomic E-state index is -3.33. The van der Waals surface area contributed by atoms with E-state index in [9.17, 15) is 13.2 Å². The zero-order valence-corrected chi connectivity index (χ0v) is 22.9. The van der Waals surface area contributed by atoms with Crippen LogP contribution >= 0.6 is 0 Å². The summed E-state index contributed by atoms with van der Waals surface area (Å²) in [5.41, 5.74) is 3.93. The number of pyridine rings is 1. The molecule has 4 aromatic rings. The van der Waals surface area contributed by atoms with Gasteiger partial charge in [-0.2, -0.15) is 0 Å². The Morgan fingerprint density at radius 3 is 2.51 bits per heavy atom. The summed E-state index contributed by atoms with van der Waals surface area (Å²) in [5, 5.41) is 3.10. The molecule has 0 spiro atoms. The van der Waals surface area contributed by atoms with Crippen LogP contribution in [0, 0.1) is 12.8 Å². The highest BCUT2D eigenvalue weighted by molar-refractivity contribution is 7.91. The molecule has 11 nitrogen and oxygen atoms in total. The summed E-state index contributed by atoms with van der Waals surface area (Å²) in [7, 11) is -3.33. The van der Waals surface area contributed by atoms with Crippen LogP contribution in [0.25, 0.3) is 22.6 Å². The first kappa shape index (κ1) is 25.5. The molecular weight excluding hydrogens is 516 g/mol. The van der Waals surface area contributed by atoms with Crippen LogP contribution in [-0.2, 0) is 16.4 Å². The van der Waals surface area contributed by atoms with Crippen LogP contribution in [0.5, 0.6) is 0 Å². The molecule has 0 saturated heterocycles. The highest BCUT2D eigenvalue weighted by atomic mass is 32.2. The Balaban J connectivity index is 1.38. The SMILES string of the molecule is CCS(=O)(=O)c1ccc(CNc2nc3cnc(-c4c(C)ncnc4C4CC4)nc3n([C@H](C)C3CC3)c2=O)nc1. The van der Waals surface area contributed by atoms with E-state index in [1.165, 1.54) is 12.3 Å². The van der Waals surface area contributed by atoms with Gasteiger partial charge in [-0.25, -0.2) is 33.3 Å². The molecule has 0 aliphatic heterocycles. The molecule has 0 bridgehead atoms.